The summed E-state index contributed by atoms with van der Waals surface area (Å²) in [6, 6.07) is 20.3. The molecular formula is C26H20N2O6. The maximum absolute atomic E-state index is 13.0. The fourth-order valence-corrected chi connectivity index (χ4v) is 3.70. The summed E-state index contributed by atoms with van der Waals surface area (Å²) >= 11 is 0. The van der Waals surface area contributed by atoms with Crippen LogP contribution in [0.4, 0.5) is 0 Å². The molecule has 8 heteroatoms. The number of carbonyl (C=O) groups is 2. The Morgan fingerprint density at radius 3 is 2.38 bits per heavy atom. The van der Waals surface area contributed by atoms with E-state index < -0.39 is 18.4 Å². The van der Waals surface area contributed by atoms with Crippen molar-refractivity contribution in [3.05, 3.63) is 94.4 Å². The Bertz CT molecular complexity index is 1450. The first-order chi connectivity index (χ1) is 16.6. The van der Waals surface area contributed by atoms with Crippen molar-refractivity contribution < 1.29 is 23.8 Å². The smallest absolute Gasteiger partial charge is 0.359 e. The number of hydrogen-bond donors (Lipinski definition) is 0. The molecular weight excluding hydrogens is 436 g/mol. The van der Waals surface area contributed by atoms with E-state index >= 15 is 0 Å². The first-order valence-electron chi connectivity index (χ1n) is 10.8. The minimum Gasteiger partial charge on any atom is -0.490 e. The summed E-state index contributed by atoms with van der Waals surface area (Å²) in [7, 11) is 0. The van der Waals surface area contributed by atoms with Crippen molar-refractivity contribution in [3.63, 3.8) is 0 Å². The number of aromatic nitrogens is 2. The number of benzene rings is 3. The summed E-state index contributed by atoms with van der Waals surface area (Å²) in [6.45, 7) is 0.554. The highest BCUT2D eigenvalue weighted by atomic mass is 16.5. The van der Waals surface area contributed by atoms with E-state index in [0.29, 0.717) is 46.7 Å². The molecule has 4 aromatic rings. The fourth-order valence-electron chi connectivity index (χ4n) is 3.70. The highest BCUT2D eigenvalue weighted by Crippen LogP contribution is 2.30. The molecule has 0 aliphatic carbocycles. The summed E-state index contributed by atoms with van der Waals surface area (Å²) in [5.74, 6) is -0.143. The van der Waals surface area contributed by atoms with E-state index in [4.69, 9.17) is 14.2 Å². The van der Waals surface area contributed by atoms with E-state index in [0.717, 1.165) is 11.1 Å². The minimum atomic E-state index is -0.802. The standard InChI is InChI=1S/C26H20N2O6/c29-21(17-11-12-22-23(15-17)33-14-6-13-32-22)16-34-26(31)24-19-9-4-5-10-20(19)25(30)28(27-24)18-7-2-1-3-8-18/h1-5,7-12,15H,6,13-14,16H2. The van der Waals surface area contributed by atoms with Gasteiger partial charge in [-0.1, -0.05) is 36.4 Å². The first-order valence-corrected chi connectivity index (χ1v) is 10.8. The molecule has 1 aliphatic rings. The molecule has 3 aromatic carbocycles. The Morgan fingerprint density at radius 2 is 1.59 bits per heavy atom. The van der Waals surface area contributed by atoms with Gasteiger partial charge in [-0.2, -0.15) is 9.78 Å². The number of rotatable bonds is 5. The van der Waals surface area contributed by atoms with Gasteiger partial charge >= 0.3 is 5.97 Å². The number of nitrogens with zero attached hydrogens (tertiary/aromatic N) is 2. The number of fused-ring (bicyclic) bond motifs is 2. The van der Waals surface area contributed by atoms with Crippen LogP contribution in [-0.2, 0) is 4.74 Å². The van der Waals surface area contributed by atoms with Gasteiger partial charge < -0.3 is 14.2 Å². The van der Waals surface area contributed by atoms with E-state index in [1.54, 1.807) is 66.7 Å². The minimum absolute atomic E-state index is 0.0504. The molecule has 0 saturated carbocycles. The highest BCUT2D eigenvalue weighted by molar-refractivity contribution is 6.04. The lowest BCUT2D eigenvalue weighted by atomic mass is 10.1. The second-order valence-electron chi connectivity index (χ2n) is 7.66. The second-order valence-corrected chi connectivity index (χ2v) is 7.66. The van der Waals surface area contributed by atoms with Crippen molar-refractivity contribution in [3.8, 4) is 17.2 Å². The van der Waals surface area contributed by atoms with Gasteiger partial charge in [0, 0.05) is 17.4 Å². The normalized spacial score (nSPS) is 12.7. The summed E-state index contributed by atoms with van der Waals surface area (Å²) in [4.78, 5) is 38.6. The molecule has 0 bridgehead atoms. The number of ketones is 1. The lowest BCUT2D eigenvalue weighted by Gasteiger charge is -2.11. The summed E-state index contributed by atoms with van der Waals surface area (Å²) < 4.78 is 17.7. The monoisotopic (exact) mass is 456 g/mol. The van der Waals surface area contributed by atoms with Gasteiger partial charge in [0.1, 0.15) is 0 Å². The molecule has 0 radical (unpaired) electrons. The maximum atomic E-state index is 13.0. The average molecular weight is 456 g/mol. The van der Waals surface area contributed by atoms with Crippen LogP contribution in [0.3, 0.4) is 0 Å². The Morgan fingerprint density at radius 1 is 0.882 bits per heavy atom. The molecule has 1 aromatic heterocycles. The van der Waals surface area contributed by atoms with Crippen molar-refractivity contribution in [2.45, 2.75) is 6.42 Å². The van der Waals surface area contributed by atoms with E-state index in [-0.39, 0.29) is 11.3 Å². The zero-order valence-corrected chi connectivity index (χ0v) is 18.1. The zero-order chi connectivity index (χ0) is 23.5. The third kappa shape index (κ3) is 4.13. The van der Waals surface area contributed by atoms with Gasteiger partial charge in [-0.25, -0.2) is 4.79 Å². The molecule has 0 amide bonds. The third-order valence-electron chi connectivity index (χ3n) is 5.40. The number of para-hydroxylation sites is 1. The third-order valence-corrected chi connectivity index (χ3v) is 5.40. The quantitative estimate of drug-likeness (QED) is 0.334. The Labute approximate surface area is 194 Å². The molecule has 34 heavy (non-hydrogen) atoms. The fraction of sp³-hybridized carbons (Fsp3) is 0.154. The molecule has 0 fully saturated rings. The average Bonchev–Trinajstić information content (AvgIpc) is 3.13. The molecule has 170 valence electrons. The number of esters is 1. The Hall–Kier alpha value is -4.46. The van der Waals surface area contributed by atoms with Crippen molar-refractivity contribution >= 4 is 22.5 Å². The molecule has 1 aliphatic heterocycles. The van der Waals surface area contributed by atoms with Crippen LogP contribution in [0.25, 0.3) is 16.5 Å². The number of hydrogen-bond acceptors (Lipinski definition) is 7. The van der Waals surface area contributed by atoms with Gasteiger partial charge in [0.2, 0.25) is 0 Å². The van der Waals surface area contributed by atoms with Gasteiger partial charge in [0.05, 0.1) is 24.3 Å². The predicted octanol–water partition coefficient (Wildman–Crippen LogP) is 3.59. The predicted molar refractivity (Wildman–Crippen MR) is 124 cm³/mol. The summed E-state index contributed by atoms with van der Waals surface area (Å²) in [5, 5.41) is 4.95. The van der Waals surface area contributed by atoms with Gasteiger partial charge in [-0.15, -0.1) is 0 Å². The highest BCUT2D eigenvalue weighted by Gasteiger charge is 2.21. The molecule has 0 saturated heterocycles. The van der Waals surface area contributed by atoms with Crippen LogP contribution in [0.5, 0.6) is 11.5 Å². The van der Waals surface area contributed by atoms with Gasteiger partial charge in [0.15, 0.2) is 29.6 Å². The summed E-state index contributed by atoms with van der Waals surface area (Å²) in [6.07, 6.45) is 0.752. The zero-order valence-electron chi connectivity index (χ0n) is 18.1. The van der Waals surface area contributed by atoms with Crippen molar-refractivity contribution in [2.24, 2.45) is 0 Å². The molecule has 8 nitrogen and oxygen atoms in total. The second kappa shape index (κ2) is 9.19. The lowest BCUT2D eigenvalue weighted by molar-refractivity contribution is 0.0469. The largest absolute Gasteiger partial charge is 0.490 e. The van der Waals surface area contributed by atoms with Crippen LogP contribution >= 0.6 is 0 Å². The Balaban J connectivity index is 1.42. The number of Topliss-reactive ketones (excluding diaryl/α,β-unsaturated/α-hetero) is 1. The first kappa shape index (κ1) is 21.4. The van der Waals surface area contributed by atoms with E-state index in [9.17, 15) is 14.4 Å². The lowest BCUT2D eigenvalue weighted by Crippen LogP contribution is -2.25. The van der Waals surface area contributed by atoms with Gasteiger partial charge in [-0.05, 0) is 36.4 Å². The molecule has 2 heterocycles. The molecule has 0 spiro atoms. The number of ether oxygens (including phenoxy) is 3. The van der Waals surface area contributed by atoms with Gasteiger partial charge in [0.25, 0.3) is 5.56 Å². The van der Waals surface area contributed by atoms with Crippen LogP contribution < -0.4 is 15.0 Å². The SMILES string of the molecule is O=C(COC(=O)c1nn(-c2ccccc2)c(=O)c2ccccc12)c1ccc2c(c1)OCCCO2. The summed E-state index contributed by atoms with van der Waals surface area (Å²) in [5.41, 5.74) is 0.437. The molecule has 0 unspecified atom stereocenters. The Kier molecular flexibility index (Phi) is 5.78. The van der Waals surface area contributed by atoms with Crippen molar-refractivity contribution in [1.29, 1.82) is 0 Å². The van der Waals surface area contributed by atoms with Crippen LogP contribution in [-0.4, -0.2) is 41.4 Å². The van der Waals surface area contributed by atoms with Crippen LogP contribution in [0.15, 0.2) is 77.6 Å². The van der Waals surface area contributed by atoms with Crippen molar-refractivity contribution in [1.82, 2.24) is 9.78 Å². The maximum Gasteiger partial charge on any atom is 0.359 e. The van der Waals surface area contributed by atoms with E-state index in [1.807, 2.05) is 6.07 Å². The molecule has 0 N–H and O–H groups in total. The van der Waals surface area contributed by atoms with Crippen molar-refractivity contribution in [2.75, 3.05) is 19.8 Å². The molecule has 0 atom stereocenters. The van der Waals surface area contributed by atoms with E-state index in [2.05, 4.69) is 5.10 Å². The van der Waals surface area contributed by atoms with Crippen LogP contribution in [0.2, 0.25) is 0 Å². The van der Waals surface area contributed by atoms with E-state index in [1.165, 1.54) is 0 Å². The molecule has 5 rings (SSSR count). The topological polar surface area (TPSA) is 96.7 Å². The van der Waals surface area contributed by atoms with Gasteiger partial charge in [-0.3, -0.25) is 9.59 Å². The number of carbonyl (C=O) groups excluding carboxylic acids is 2. The van der Waals surface area contributed by atoms with Crippen LogP contribution in [0, 0.1) is 0 Å². The van der Waals surface area contributed by atoms with Crippen LogP contribution in [0.1, 0.15) is 27.3 Å².